The Labute approximate surface area is 198 Å². The van der Waals surface area contributed by atoms with Crippen molar-refractivity contribution in [2.45, 2.75) is 38.9 Å². The fourth-order valence-corrected chi connectivity index (χ4v) is 4.68. The molecule has 33 heavy (non-hydrogen) atoms. The summed E-state index contributed by atoms with van der Waals surface area (Å²) in [5.74, 6) is -0.330. The molecule has 0 radical (unpaired) electrons. The lowest BCUT2D eigenvalue weighted by Gasteiger charge is -2.21. The number of halogens is 1. The van der Waals surface area contributed by atoms with Gasteiger partial charge in [0.05, 0.1) is 16.7 Å². The lowest BCUT2D eigenvalue weighted by Crippen LogP contribution is -2.32. The molecule has 0 unspecified atom stereocenters. The summed E-state index contributed by atoms with van der Waals surface area (Å²) < 4.78 is 15.0. The van der Waals surface area contributed by atoms with E-state index in [0.717, 1.165) is 26.1 Å². The van der Waals surface area contributed by atoms with Gasteiger partial charge in [0.25, 0.3) is 5.56 Å². The van der Waals surface area contributed by atoms with Crippen LogP contribution in [0, 0.1) is 5.82 Å². The molecule has 0 fully saturated rings. The normalized spacial score (nSPS) is 11.3. The second kappa shape index (κ2) is 12.0. The van der Waals surface area contributed by atoms with Gasteiger partial charge in [-0.15, -0.1) is 0 Å². The molecule has 1 amide bonds. The van der Waals surface area contributed by atoms with Crippen molar-refractivity contribution in [2.75, 3.05) is 36.8 Å². The zero-order chi connectivity index (χ0) is 23.8. The number of amides is 1. The van der Waals surface area contributed by atoms with E-state index in [9.17, 15) is 14.0 Å². The fraction of sp³-hybridized carbons (Fsp3) is 0.400. The molecule has 3 aromatic rings. The van der Waals surface area contributed by atoms with Gasteiger partial charge in [-0.25, -0.2) is 9.37 Å². The quantitative estimate of drug-likeness (QED) is 0.307. The van der Waals surface area contributed by atoms with E-state index in [0.29, 0.717) is 34.8 Å². The lowest BCUT2D eigenvalue weighted by atomic mass is 10.2. The fourth-order valence-electron chi connectivity index (χ4n) is 3.78. The zero-order valence-electron chi connectivity index (χ0n) is 19.5. The topological polar surface area (TPSA) is 58.4 Å². The van der Waals surface area contributed by atoms with Crippen LogP contribution in [0.1, 0.15) is 27.2 Å². The Morgan fingerprint density at radius 2 is 1.73 bits per heavy atom. The molecule has 6 nitrogen and oxygen atoms in total. The summed E-state index contributed by atoms with van der Waals surface area (Å²) in [4.78, 5) is 34.8. The first-order valence-corrected chi connectivity index (χ1v) is 12.4. The molecule has 0 spiro atoms. The molecule has 176 valence electrons. The molecule has 0 N–H and O–H groups in total. The molecule has 8 heteroatoms. The molecule has 2 aromatic carbocycles. The number of hydrogen-bond acceptors (Lipinski definition) is 5. The van der Waals surface area contributed by atoms with E-state index < -0.39 is 0 Å². The van der Waals surface area contributed by atoms with Crippen molar-refractivity contribution in [1.82, 2.24) is 14.5 Å². The lowest BCUT2D eigenvalue weighted by molar-refractivity contribution is -0.116. The number of thioether (sulfide) groups is 1. The minimum atomic E-state index is -0.342. The SMILES string of the molecule is CCN(CC)CCCn1c(SCC(=O)N(CC)c2ccc(F)cc2)nc2ccccc2c1=O. The van der Waals surface area contributed by atoms with Gasteiger partial charge in [-0.3, -0.25) is 14.2 Å². The van der Waals surface area contributed by atoms with Crippen LogP contribution in [-0.4, -0.2) is 52.3 Å². The molecule has 0 saturated heterocycles. The molecule has 1 heterocycles. The van der Waals surface area contributed by atoms with Gasteiger partial charge in [0, 0.05) is 18.8 Å². The van der Waals surface area contributed by atoms with Crippen LogP contribution in [-0.2, 0) is 11.3 Å². The zero-order valence-corrected chi connectivity index (χ0v) is 20.3. The summed E-state index contributed by atoms with van der Waals surface area (Å²) in [6.07, 6.45) is 0.819. The minimum Gasteiger partial charge on any atom is -0.312 e. The monoisotopic (exact) mass is 470 g/mol. The van der Waals surface area contributed by atoms with Gasteiger partial charge in [-0.05, 0) is 69.4 Å². The number of para-hydroxylation sites is 1. The van der Waals surface area contributed by atoms with Crippen molar-refractivity contribution in [1.29, 1.82) is 0 Å². The van der Waals surface area contributed by atoms with Gasteiger partial charge in [-0.1, -0.05) is 37.7 Å². The molecule has 0 atom stereocenters. The van der Waals surface area contributed by atoms with Crippen molar-refractivity contribution in [2.24, 2.45) is 0 Å². The number of nitrogens with zero attached hydrogens (tertiary/aromatic N) is 4. The maximum absolute atomic E-state index is 13.3. The van der Waals surface area contributed by atoms with E-state index in [2.05, 4.69) is 18.7 Å². The van der Waals surface area contributed by atoms with Crippen LogP contribution < -0.4 is 10.5 Å². The van der Waals surface area contributed by atoms with E-state index in [1.54, 1.807) is 27.7 Å². The van der Waals surface area contributed by atoms with Gasteiger partial charge in [0.15, 0.2) is 5.16 Å². The van der Waals surface area contributed by atoms with E-state index in [1.165, 1.54) is 23.9 Å². The summed E-state index contributed by atoms with van der Waals surface area (Å²) in [7, 11) is 0. The Morgan fingerprint density at radius 3 is 2.39 bits per heavy atom. The number of fused-ring (bicyclic) bond motifs is 1. The second-order valence-corrected chi connectivity index (χ2v) is 8.59. The van der Waals surface area contributed by atoms with Crippen LogP contribution in [0.25, 0.3) is 10.9 Å². The first-order valence-electron chi connectivity index (χ1n) is 11.4. The Morgan fingerprint density at radius 1 is 1.03 bits per heavy atom. The van der Waals surface area contributed by atoms with E-state index in [4.69, 9.17) is 4.98 Å². The van der Waals surface area contributed by atoms with Crippen molar-refractivity contribution in [3.63, 3.8) is 0 Å². The Bertz CT molecular complexity index is 1130. The molecular formula is C25H31FN4O2S. The van der Waals surface area contributed by atoms with Crippen molar-refractivity contribution < 1.29 is 9.18 Å². The number of hydrogen-bond donors (Lipinski definition) is 0. The Balaban J connectivity index is 1.82. The number of benzene rings is 2. The van der Waals surface area contributed by atoms with Crippen molar-refractivity contribution in [3.8, 4) is 0 Å². The highest BCUT2D eigenvalue weighted by atomic mass is 32.2. The third kappa shape index (κ3) is 6.21. The highest BCUT2D eigenvalue weighted by Crippen LogP contribution is 2.21. The number of carbonyl (C=O) groups is 1. The third-order valence-electron chi connectivity index (χ3n) is 5.66. The van der Waals surface area contributed by atoms with Crippen LogP contribution in [0.2, 0.25) is 0 Å². The molecule has 3 rings (SSSR count). The third-order valence-corrected chi connectivity index (χ3v) is 6.62. The summed E-state index contributed by atoms with van der Waals surface area (Å²) in [5, 5.41) is 1.12. The summed E-state index contributed by atoms with van der Waals surface area (Å²) >= 11 is 1.27. The molecular weight excluding hydrogens is 439 g/mol. The number of carbonyl (C=O) groups excluding carboxylic acids is 1. The van der Waals surface area contributed by atoms with E-state index in [-0.39, 0.29) is 23.0 Å². The van der Waals surface area contributed by atoms with Crippen molar-refractivity contribution in [3.05, 3.63) is 64.7 Å². The van der Waals surface area contributed by atoms with Crippen LogP contribution >= 0.6 is 11.8 Å². The molecule has 0 aliphatic rings. The smallest absolute Gasteiger partial charge is 0.262 e. The van der Waals surface area contributed by atoms with Crippen LogP contribution in [0.4, 0.5) is 10.1 Å². The first kappa shape index (κ1) is 24.9. The Kier molecular flexibility index (Phi) is 9.03. The highest BCUT2D eigenvalue weighted by Gasteiger charge is 2.18. The highest BCUT2D eigenvalue weighted by molar-refractivity contribution is 7.99. The summed E-state index contributed by atoms with van der Waals surface area (Å²) in [6.45, 7) is 9.96. The molecule has 1 aromatic heterocycles. The van der Waals surface area contributed by atoms with Gasteiger partial charge in [0.2, 0.25) is 5.91 Å². The number of rotatable bonds is 11. The predicted molar refractivity (Wildman–Crippen MR) is 134 cm³/mol. The maximum atomic E-state index is 13.3. The van der Waals surface area contributed by atoms with Gasteiger partial charge < -0.3 is 9.80 Å². The number of anilines is 1. The van der Waals surface area contributed by atoms with Crippen LogP contribution in [0.3, 0.4) is 0 Å². The average molecular weight is 471 g/mol. The average Bonchev–Trinajstić information content (AvgIpc) is 2.83. The summed E-state index contributed by atoms with van der Waals surface area (Å²) in [6, 6.07) is 13.2. The number of aromatic nitrogens is 2. The van der Waals surface area contributed by atoms with E-state index in [1.807, 2.05) is 25.1 Å². The predicted octanol–water partition coefficient (Wildman–Crippen LogP) is 4.41. The van der Waals surface area contributed by atoms with Gasteiger partial charge in [0.1, 0.15) is 5.82 Å². The van der Waals surface area contributed by atoms with Gasteiger partial charge in [-0.2, -0.15) is 0 Å². The van der Waals surface area contributed by atoms with Crippen molar-refractivity contribution >= 4 is 34.3 Å². The van der Waals surface area contributed by atoms with Crippen LogP contribution in [0.15, 0.2) is 58.5 Å². The largest absolute Gasteiger partial charge is 0.312 e. The summed E-state index contributed by atoms with van der Waals surface area (Å²) in [5.41, 5.74) is 1.19. The van der Waals surface area contributed by atoms with Gasteiger partial charge >= 0.3 is 0 Å². The second-order valence-electron chi connectivity index (χ2n) is 7.65. The standard InChI is InChI=1S/C25H31FN4O2S/c1-4-28(5-2)16-9-17-30-24(32)21-10-7-8-11-22(21)27-25(30)33-18-23(31)29(6-3)20-14-12-19(26)13-15-20/h7-8,10-15H,4-6,9,16-18H2,1-3H3. The van der Waals surface area contributed by atoms with E-state index >= 15 is 0 Å². The molecule has 0 bridgehead atoms. The maximum Gasteiger partial charge on any atom is 0.262 e. The molecule has 0 aliphatic carbocycles. The molecule has 0 saturated carbocycles. The molecule has 0 aliphatic heterocycles. The minimum absolute atomic E-state index is 0.0824. The Hall–Kier alpha value is -2.71. The van der Waals surface area contributed by atoms with Crippen LogP contribution in [0.5, 0.6) is 0 Å². The first-order chi connectivity index (χ1) is 16.0.